The van der Waals surface area contributed by atoms with E-state index in [0.29, 0.717) is 22.9 Å². The van der Waals surface area contributed by atoms with Crippen LogP contribution >= 0.6 is 11.6 Å². The highest BCUT2D eigenvalue weighted by atomic mass is 35.5. The van der Waals surface area contributed by atoms with Crippen molar-refractivity contribution in [3.8, 4) is 0 Å². The predicted molar refractivity (Wildman–Crippen MR) is 73.7 cm³/mol. The Hall–Kier alpha value is -1.63. The zero-order valence-electron chi connectivity index (χ0n) is 10.9. The minimum Gasteiger partial charge on any atom is -0.465 e. The van der Waals surface area contributed by atoms with Gasteiger partial charge in [-0.15, -0.1) is 0 Å². The zero-order valence-corrected chi connectivity index (χ0v) is 11.6. The normalized spacial score (nSPS) is 21.6. The van der Waals surface area contributed by atoms with Crippen molar-refractivity contribution in [1.29, 1.82) is 0 Å². The maximum Gasteiger partial charge on any atom is 0.337 e. The Morgan fingerprint density at radius 2 is 2.20 bits per heavy atom. The van der Waals surface area contributed by atoms with Gasteiger partial charge in [0.05, 0.1) is 42.5 Å². The topological polar surface area (TPSA) is 90.6 Å². The van der Waals surface area contributed by atoms with Crippen LogP contribution in [0.1, 0.15) is 10.4 Å². The number of rotatable bonds is 3. The van der Waals surface area contributed by atoms with Crippen LogP contribution in [0.25, 0.3) is 0 Å². The smallest absolute Gasteiger partial charge is 0.337 e. The Labute approximate surface area is 121 Å². The summed E-state index contributed by atoms with van der Waals surface area (Å²) >= 11 is 6.00. The summed E-state index contributed by atoms with van der Waals surface area (Å²) < 4.78 is 9.76. The molecule has 3 N–H and O–H groups in total. The van der Waals surface area contributed by atoms with E-state index in [-0.39, 0.29) is 18.6 Å². The molecule has 20 heavy (non-hydrogen) atoms. The summed E-state index contributed by atoms with van der Waals surface area (Å²) in [6, 6.07) is 4.17. The first kappa shape index (κ1) is 14.8. The summed E-state index contributed by atoms with van der Waals surface area (Å²) in [5, 5.41) is 3.00. The Bertz CT molecular complexity index is 535. The third-order valence-corrected chi connectivity index (χ3v) is 3.44. The SMILES string of the molecule is COC(=O)c1ccc(Cl)c(NC(=O)C2COCC2N)c1. The minimum atomic E-state index is -0.502. The lowest BCUT2D eigenvalue weighted by atomic mass is 10.0. The lowest BCUT2D eigenvalue weighted by Gasteiger charge is -2.14. The molecule has 1 fully saturated rings. The van der Waals surface area contributed by atoms with E-state index in [0.717, 1.165) is 0 Å². The van der Waals surface area contributed by atoms with Gasteiger partial charge in [-0.25, -0.2) is 4.79 Å². The Kier molecular flexibility index (Phi) is 4.59. The number of methoxy groups -OCH3 is 1. The van der Waals surface area contributed by atoms with Crippen molar-refractivity contribution in [2.24, 2.45) is 11.7 Å². The van der Waals surface area contributed by atoms with E-state index in [1.807, 2.05) is 0 Å². The first-order valence-electron chi connectivity index (χ1n) is 6.05. The molecule has 0 aromatic heterocycles. The molecule has 0 aliphatic carbocycles. The number of carbonyl (C=O) groups is 2. The highest BCUT2D eigenvalue weighted by molar-refractivity contribution is 6.33. The number of hydrogen-bond donors (Lipinski definition) is 2. The van der Waals surface area contributed by atoms with Gasteiger partial charge in [0.2, 0.25) is 5.91 Å². The fourth-order valence-corrected chi connectivity index (χ4v) is 2.10. The van der Waals surface area contributed by atoms with Crippen molar-refractivity contribution in [1.82, 2.24) is 0 Å². The van der Waals surface area contributed by atoms with Crippen molar-refractivity contribution in [2.75, 3.05) is 25.6 Å². The highest BCUT2D eigenvalue weighted by Gasteiger charge is 2.31. The maximum absolute atomic E-state index is 12.1. The number of hydrogen-bond acceptors (Lipinski definition) is 5. The van der Waals surface area contributed by atoms with Gasteiger partial charge < -0.3 is 20.5 Å². The van der Waals surface area contributed by atoms with Crippen LogP contribution in [0, 0.1) is 5.92 Å². The van der Waals surface area contributed by atoms with Crippen LogP contribution in [0.4, 0.5) is 5.69 Å². The molecule has 1 heterocycles. The third-order valence-electron chi connectivity index (χ3n) is 3.11. The minimum absolute atomic E-state index is 0.279. The quantitative estimate of drug-likeness (QED) is 0.814. The summed E-state index contributed by atoms with van der Waals surface area (Å²) in [5.74, 6) is -1.20. The number of ether oxygens (including phenoxy) is 2. The van der Waals surface area contributed by atoms with Crippen LogP contribution in [0.15, 0.2) is 18.2 Å². The van der Waals surface area contributed by atoms with E-state index in [4.69, 9.17) is 22.1 Å². The molecular weight excluding hydrogens is 284 g/mol. The Morgan fingerprint density at radius 1 is 1.45 bits per heavy atom. The standard InChI is InChI=1S/C13H15ClN2O4/c1-19-13(18)7-2-3-9(14)11(4-7)16-12(17)8-5-20-6-10(8)15/h2-4,8,10H,5-6,15H2,1H3,(H,16,17). The van der Waals surface area contributed by atoms with Crippen LogP contribution in [-0.2, 0) is 14.3 Å². The molecule has 0 spiro atoms. The van der Waals surface area contributed by atoms with E-state index in [1.54, 1.807) is 0 Å². The lowest BCUT2D eigenvalue weighted by Crippen LogP contribution is -2.37. The Balaban J connectivity index is 2.16. The lowest BCUT2D eigenvalue weighted by molar-refractivity contribution is -0.120. The second-order valence-corrected chi connectivity index (χ2v) is 4.89. The molecule has 2 unspecified atom stereocenters. The average molecular weight is 299 g/mol. The van der Waals surface area contributed by atoms with Crippen molar-refractivity contribution in [3.05, 3.63) is 28.8 Å². The number of anilines is 1. The van der Waals surface area contributed by atoms with E-state index in [1.165, 1.54) is 25.3 Å². The van der Waals surface area contributed by atoms with Crippen LogP contribution in [0.2, 0.25) is 5.02 Å². The molecule has 2 rings (SSSR count). The van der Waals surface area contributed by atoms with Crippen molar-refractivity contribution in [3.63, 3.8) is 0 Å². The molecule has 108 valence electrons. The maximum atomic E-state index is 12.1. The number of amides is 1. The summed E-state index contributed by atoms with van der Waals surface area (Å²) in [6.07, 6.45) is 0. The average Bonchev–Trinajstić information content (AvgIpc) is 2.86. The van der Waals surface area contributed by atoms with Gasteiger partial charge in [-0.3, -0.25) is 4.79 Å². The monoisotopic (exact) mass is 298 g/mol. The fraction of sp³-hybridized carbons (Fsp3) is 0.385. The van der Waals surface area contributed by atoms with Gasteiger partial charge in [0.25, 0.3) is 0 Å². The molecule has 1 amide bonds. The van der Waals surface area contributed by atoms with Crippen LogP contribution < -0.4 is 11.1 Å². The molecule has 2 atom stereocenters. The molecule has 1 aliphatic rings. The van der Waals surface area contributed by atoms with Crippen LogP contribution in [-0.4, -0.2) is 38.2 Å². The summed E-state index contributed by atoms with van der Waals surface area (Å²) in [7, 11) is 1.28. The van der Waals surface area contributed by atoms with Gasteiger partial charge in [-0.1, -0.05) is 11.6 Å². The second kappa shape index (κ2) is 6.21. The summed E-state index contributed by atoms with van der Waals surface area (Å²) in [4.78, 5) is 23.5. The predicted octanol–water partition coefficient (Wildman–Crippen LogP) is 1.04. The molecule has 7 heteroatoms. The van der Waals surface area contributed by atoms with Crippen LogP contribution in [0.5, 0.6) is 0 Å². The van der Waals surface area contributed by atoms with E-state index < -0.39 is 11.9 Å². The zero-order chi connectivity index (χ0) is 14.7. The first-order valence-corrected chi connectivity index (χ1v) is 6.42. The molecule has 1 aliphatic heterocycles. The number of halogens is 1. The van der Waals surface area contributed by atoms with Crippen molar-refractivity contribution < 1.29 is 19.1 Å². The molecule has 0 bridgehead atoms. The van der Waals surface area contributed by atoms with Crippen molar-refractivity contribution in [2.45, 2.75) is 6.04 Å². The molecular formula is C13H15ClN2O4. The van der Waals surface area contributed by atoms with E-state index in [9.17, 15) is 9.59 Å². The fourth-order valence-electron chi connectivity index (χ4n) is 1.93. The van der Waals surface area contributed by atoms with Crippen molar-refractivity contribution >= 4 is 29.2 Å². The molecule has 0 radical (unpaired) electrons. The number of nitrogens with one attached hydrogen (secondary N) is 1. The molecule has 0 saturated carbocycles. The van der Waals surface area contributed by atoms with E-state index >= 15 is 0 Å². The van der Waals surface area contributed by atoms with Gasteiger partial charge in [0.1, 0.15) is 0 Å². The van der Waals surface area contributed by atoms with Gasteiger partial charge in [-0.2, -0.15) is 0 Å². The molecule has 6 nitrogen and oxygen atoms in total. The molecule has 1 saturated heterocycles. The number of nitrogens with two attached hydrogens (primary N) is 1. The number of esters is 1. The Morgan fingerprint density at radius 3 is 2.80 bits per heavy atom. The van der Waals surface area contributed by atoms with Gasteiger partial charge in [0, 0.05) is 6.04 Å². The van der Waals surface area contributed by atoms with Gasteiger partial charge in [0.15, 0.2) is 0 Å². The summed E-state index contributed by atoms with van der Waals surface area (Å²) in [6.45, 7) is 0.634. The first-order chi connectivity index (χ1) is 9.52. The van der Waals surface area contributed by atoms with E-state index in [2.05, 4.69) is 10.1 Å². The number of benzene rings is 1. The second-order valence-electron chi connectivity index (χ2n) is 4.48. The number of carbonyl (C=O) groups excluding carboxylic acids is 2. The molecule has 1 aromatic rings. The summed E-state index contributed by atoms with van der Waals surface area (Å²) in [5.41, 5.74) is 6.43. The highest BCUT2D eigenvalue weighted by Crippen LogP contribution is 2.25. The molecule has 1 aromatic carbocycles. The largest absolute Gasteiger partial charge is 0.465 e. The van der Waals surface area contributed by atoms with Gasteiger partial charge in [-0.05, 0) is 18.2 Å². The van der Waals surface area contributed by atoms with Gasteiger partial charge >= 0.3 is 5.97 Å². The third kappa shape index (κ3) is 3.09. The van der Waals surface area contributed by atoms with Crippen LogP contribution in [0.3, 0.4) is 0 Å².